The minimum Gasteiger partial charge on any atom is -0.493 e. The maximum absolute atomic E-state index is 12.6. The van der Waals surface area contributed by atoms with Crippen molar-refractivity contribution in [2.45, 2.75) is 119 Å². The highest BCUT2D eigenvalue weighted by Crippen LogP contribution is 2.49. The highest BCUT2D eigenvalue weighted by molar-refractivity contribution is 5.96. The molecule has 1 saturated carbocycles. The van der Waals surface area contributed by atoms with Crippen LogP contribution >= 0.6 is 0 Å². The van der Waals surface area contributed by atoms with Crippen LogP contribution in [-0.4, -0.2) is 18.3 Å². The number of aliphatic imine (C=N–C) groups is 1. The summed E-state index contributed by atoms with van der Waals surface area (Å²) in [6.07, 6.45) is 17.6. The van der Waals surface area contributed by atoms with Gasteiger partial charge in [-0.3, -0.25) is 4.79 Å². The zero-order chi connectivity index (χ0) is 31.8. The number of ketones is 1. The number of carbonyl (C=O) groups is 1. The summed E-state index contributed by atoms with van der Waals surface area (Å²) in [7, 11) is 0. The van der Waals surface area contributed by atoms with E-state index in [2.05, 4.69) is 71.8 Å². The molecule has 3 unspecified atom stereocenters. The lowest BCUT2D eigenvalue weighted by atomic mass is 9.91. The van der Waals surface area contributed by atoms with Crippen molar-refractivity contribution in [1.29, 1.82) is 0 Å². The molecule has 238 valence electrons. The lowest BCUT2D eigenvalue weighted by molar-refractivity contribution is -0.115. The molecule has 0 spiro atoms. The standard InChI is InChI=1S/C39H59NO3/c1-10-13-14-17-29(6)37(41)26-33-20-21-38(31(8)25-33)42-24-22-35-27-36(35)34(16-11-2)19-15-18-30(7)39(43-23-12-3)40-32(9)28(4)5/h12,18,20-21,23,25,28,34-36H,6,9-11,13-17,19,22,24,26-27H2,1-5,7-8H3. The summed E-state index contributed by atoms with van der Waals surface area (Å²) in [5, 5.41) is 0. The monoisotopic (exact) mass is 589 g/mol. The highest BCUT2D eigenvalue weighted by atomic mass is 16.5. The van der Waals surface area contributed by atoms with Gasteiger partial charge >= 0.3 is 0 Å². The van der Waals surface area contributed by atoms with Crippen molar-refractivity contribution in [3.63, 3.8) is 0 Å². The average Bonchev–Trinajstić information content (AvgIpc) is 3.75. The summed E-state index contributed by atoms with van der Waals surface area (Å²) in [6, 6.07) is 6.16. The topological polar surface area (TPSA) is 47.9 Å². The van der Waals surface area contributed by atoms with Gasteiger partial charge in [0, 0.05) is 17.7 Å². The van der Waals surface area contributed by atoms with Crippen LogP contribution < -0.4 is 4.74 Å². The van der Waals surface area contributed by atoms with Crippen molar-refractivity contribution in [1.82, 2.24) is 0 Å². The van der Waals surface area contributed by atoms with Gasteiger partial charge in [-0.25, -0.2) is 4.99 Å². The van der Waals surface area contributed by atoms with E-state index in [0.717, 1.165) is 96.6 Å². The normalized spacial score (nSPS) is 17.8. The Morgan fingerprint density at radius 2 is 1.91 bits per heavy atom. The number of ether oxygens (including phenoxy) is 2. The van der Waals surface area contributed by atoms with E-state index in [-0.39, 0.29) is 11.7 Å². The molecule has 0 aliphatic heterocycles. The van der Waals surface area contributed by atoms with Crippen LogP contribution in [0.4, 0.5) is 0 Å². The molecular formula is C39H59NO3. The first-order chi connectivity index (χ1) is 20.6. The third-order valence-corrected chi connectivity index (χ3v) is 8.62. The molecule has 3 atom stereocenters. The number of nitrogens with zero attached hydrogens (tertiary/aromatic N) is 1. The number of hydrogen-bond acceptors (Lipinski definition) is 4. The van der Waals surface area contributed by atoms with Crippen molar-refractivity contribution >= 4 is 11.7 Å². The van der Waals surface area contributed by atoms with Crippen LogP contribution in [0.15, 0.2) is 71.6 Å². The van der Waals surface area contributed by atoms with Crippen LogP contribution in [0.1, 0.15) is 117 Å². The molecule has 0 saturated heterocycles. The Morgan fingerprint density at radius 1 is 1.14 bits per heavy atom. The van der Waals surface area contributed by atoms with E-state index in [1.54, 1.807) is 6.26 Å². The van der Waals surface area contributed by atoms with Crippen molar-refractivity contribution in [3.8, 4) is 5.75 Å². The molecule has 2 rings (SSSR count). The van der Waals surface area contributed by atoms with Gasteiger partial charge in [0.2, 0.25) is 5.90 Å². The molecule has 0 aromatic heterocycles. The van der Waals surface area contributed by atoms with E-state index in [9.17, 15) is 4.79 Å². The van der Waals surface area contributed by atoms with E-state index >= 15 is 0 Å². The molecule has 1 aromatic rings. The summed E-state index contributed by atoms with van der Waals surface area (Å²) < 4.78 is 12.0. The number of hydrogen-bond donors (Lipinski definition) is 0. The average molecular weight is 590 g/mol. The molecule has 0 bridgehead atoms. The van der Waals surface area contributed by atoms with Gasteiger partial charge in [0.1, 0.15) is 5.75 Å². The molecule has 1 aromatic carbocycles. The Labute approximate surface area is 263 Å². The van der Waals surface area contributed by atoms with Gasteiger partial charge in [-0.05, 0) is 106 Å². The molecule has 1 aliphatic carbocycles. The largest absolute Gasteiger partial charge is 0.493 e. The maximum atomic E-state index is 12.6. The Hall–Kier alpha value is -2.88. The van der Waals surface area contributed by atoms with Gasteiger partial charge in [0.15, 0.2) is 5.78 Å². The molecule has 1 aliphatic rings. The number of allylic oxidation sites excluding steroid dienone is 4. The molecule has 4 nitrogen and oxygen atoms in total. The first-order valence-corrected chi connectivity index (χ1v) is 16.8. The summed E-state index contributed by atoms with van der Waals surface area (Å²) in [5.41, 5.74) is 4.79. The zero-order valence-electron chi connectivity index (χ0n) is 28.3. The first kappa shape index (κ1) is 36.3. The van der Waals surface area contributed by atoms with Crippen molar-refractivity contribution in [2.24, 2.45) is 28.7 Å². The van der Waals surface area contributed by atoms with Gasteiger partial charge in [-0.2, -0.15) is 0 Å². The highest BCUT2D eigenvalue weighted by Gasteiger charge is 2.41. The minimum atomic E-state index is 0.156. The molecule has 0 amide bonds. The van der Waals surface area contributed by atoms with Crippen LogP contribution in [0, 0.1) is 30.6 Å². The number of carbonyl (C=O) groups excluding carboxylic acids is 1. The van der Waals surface area contributed by atoms with E-state index in [1.165, 1.54) is 25.7 Å². The lowest BCUT2D eigenvalue weighted by Crippen LogP contribution is -2.08. The molecule has 43 heavy (non-hydrogen) atoms. The van der Waals surface area contributed by atoms with Crippen LogP contribution in [0.2, 0.25) is 0 Å². The molecule has 0 radical (unpaired) electrons. The second kappa shape index (κ2) is 19.4. The van der Waals surface area contributed by atoms with Gasteiger partial charge in [-0.15, -0.1) is 0 Å². The van der Waals surface area contributed by atoms with Gasteiger partial charge in [-0.1, -0.05) is 90.8 Å². The summed E-state index contributed by atoms with van der Waals surface area (Å²) in [6.45, 7) is 23.6. The fourth-order valence-corrected chi connectivity index (χ4v) is 5.67. The van der Waals surface area contributed by atoms with Gasteiger partial charge in [0.05, 0.1) is 12.9 Å². The minimum absolute atomic E-state index is 0.156. The quantitative estimate of drug-likeness (QED) is 0.0471. The smallest absolute Gasteiger partial charge is 0.221 e. The fraction of sp³-hybridized carbons (Fsp3) is 0.590. The second-order valence-corrected chi connectivity index (χ2v) is 12.7. The third kappa shape index (κ3) is 13.1. The first-order valence-electron chi connectivity index (χ1n) is 16.8. The predicted octanol–water partition coefficient (Wildman–Crippen LogP) is 10.9. The Kier molecular flexibility index (Phi) is 16.4. The van der Waals surface area contributed by atoms with Crippen LogP contribution in [0.5, 0.6) is 5.75 Å². The molecule has 0 heterocycles. The van der Waals surface area contributed by atoms with Gasteiger partial charge < -0.3 is 9.47 Å². The zero-order valence-corrected chi connectivity index (χ0v) is 28.3. The molecule has 4 heteroatoms. The number of unbranched alkanes of at least 4 members (excludes halogenated alkanes) is 2. The van der Waals surface area contributed by atoms with Crippen LogP contribution in [0.3, 0.4) is 0 Å². The van der Waals surface area contributed by atoms with Gasteiger partial charge in [0.25, 0.3) is 0 Å². The van der Waals surface area contributed by atoms with E-state index < -0.39 is 0 Å². The molecule has 1 fully saturated rings. The second-order valence-electron chi connectivity index (χ2n) is 12.7. The van der Waals surface area contributed by atoms with Crippen molar-refractivity contribution in [2.75, 3.05) is 6.61 Å². The lowest BCUT2D eigenvalue weighted by Gasteiger charge is -2.16. The third-order valence-electron chi connectivity index (χ3n) is 8.62. The summed E-state index contributed by atoms with van der Waals surface area (Å²) >= 11 is 0. The Bertz CT molecular complexity index is 1140. The van der Waals surface area contributed by atoms with Crippen LogP contribution in [0.25, 0.3) is 0 Å². The fourth-order valence-electron chi connectivity index (χ4n) is 5.67. The number of aryl methyl sites for hydroxylation is 1. The number of Topliss-reactive ketones (excluding diaryl/α,β-unsaturated/α-hetero) is 1. The van der Waals surface area contributed by atoms with E-state index in [1.807, 2.05) is 25.1 Å². The van der Waals surface area contributed by atoms with Crippen molar-refractivity contribution < 1.29 is 14.3 Å². The molecule has 0 N–H and O–H groups in total. The van der Waals surface area contributed by atoms with Crippen LogP contribution in [-0.2, 0) is 16.0 Å². The predicted molar refractivity (Wildman–Crippen MR) is 184 cm³/mol. The number of benzene rings is 1. The molecular weight excluding hydrogens is 530 g/mol. The Balaban J connectivity index is 1.84. The maximum Gasteiger partial charge on any atom is 0.221 e. The van der Waals surface area contributed by atoms with E-state index in [4.69, 9.17) is 9.47 Å². The Morgan fingerprint density at radius 3 is 2.56 bits per heavy atom. The summed E-state index contributed by atoms with van der Waals surface area (Å²) in [4.78, 5) is 17.2. The van der Waals surface area contributed by atoms with Crippen molar-refractivity contribution in [3.05, 3.63) is 77.7 Å². The number of rotatable bonds is 21. The summed E-state index contributed by atoms with van der Waals surface area (Å²) in [5.74, 6) is 4.31. The van der Waals surface area contributed by atoms with E-state index in [0.29, 0.717) is 12.3 Å². The SMILES string of the molecule is C=C(CCCCC)C(=O)Cc1ccc(OCCC2CC2C(CCC)CCC=C(C)C(=NC(=C)C(C)C)OC=CC)c(C)c1.